The van der Waals surface area contributed by atoms with Crippen LogP contribution in [0.3, 0.4) is 0 Å². The molecule has 1 N–H and O–H groups in total. The van der Waals surface area contributed by atoms with E-state index >= 15 is 0 Å². The second-order valence-electron chi connectivity index (χ2n) is 8.94. The number of hydrogen-bond acceptors (Lipinski definition) is 3. The van der Waals surface area contributed by atoms with E-state index in [1.807, 2.05) is 41.0 Å². The van der Waals surface area contributed by atoms with Crippen LogP contribution in [0.15, 0.2) is 58.9 Å². The summed E-state index contributed by atoms with van der Waals surface area (Å²) in [7, 11) is 0. The third-order valence-electron chi connectivity index (χ3n) is 6.85. The highest BCUT2D eigenvalue weighted by atomic mass is 16.1. The number of pyridine rings is 1. The van der Waals surface area contributed by atoms with Crippen molar-refractivity contribution in [2.24, 2.45) is 0 Å². The van der Waals surface area contributed by atoms with Gasteiger partial charge in [0.1, 0.15) is 0 Å². The summed E-state index contributed by atoms with van der Waals surface area (Å²) in [6.07, 6.45) is 10.3. The number of aromatic nitrogens is 1. The summed E-state index contributed by atoms with van der Waals surface area (Å²) in [5, 5.41) is 4.46. The van der Waals surface area contributed by atoms with E-state index in [1.54, 1.807) is 6.07 Å². The minimum atomic E-state index is 0.000923. The molecule has 0 atom stereocenters. The molecule has 0 amide bonds. The number of nitrogens with one attached hydrogen (secondary N) is 1. The fourth-order valence-corrected chi connectivity index (χ4v) is 5.16. The standard InChI is InChI=1S/C28H30N2O2/c1-2-3-17-30-24-14-13-23(29-16-15-19-9-5-4-6-10-19)27-26(24)22(18-25(30)31)20-11-7-8-12-21(20)28(27)32/h7-9,11-14,18,29H,2-6,10,15-17H2,1H3. The van der Waals surface area contributed by atoms with Crippen LogP contribution in [-0.2, 0) is 6.54 Å². The first-order valence-corrected chi connectivity index (χ1v) is 12.0. The number of ketones is 1. The zero-order valence-corrected chi connectivity index (χ0v) is 18.7. The second-order valence-corrected chi connectivity index (χ2v) is 8.94. The first kappa shape index (κ1) is 20.7. The van der Waals surface area contributed by atoms with Gasteiger partial charge in [-0.3, -0.25) is 9.59 Å². The number of rotatable bonds is 7. The highest BCUT2D eigenvalue weighted by Crippen LogP contribution is 2.41. The summed E-state index contributed by atoms with van der Waals surface area (Å²) in [4.78, 5) is 26.7. The van der Waals surface area contributed by atoms with Crippen LogP contribution in [0.5, 0.6) is 0 Å². The van der Waals surface area contributed by atoms with Crippen LogP contribution in [-0.4, -0.2) is 16.9 Å². The number of benzene rings is 2. The van der Waals surface area contributed by atoms with Crippen LogP contribution in [0.4, 0.5) is 5.69 Å². The highest BCUT2D eigenvalue weighted by Gasteiger charge is 2.29. The molecule has 5 rings (SSSR count). The molecule has 0 radical (unpaired) electrons. The van der Waals surface area contributed by atoms with E-state index in [9.17, 15) is 9.59 Å². The van der Waals surface area contributed by atoms with Gasteiger partial charge in [0.15, 0.2) is 5.78 Å². The molecule has 0 aliphatic heterocycles. The molecule has 1 heterocycles. The summed E-state index contributed by atoms with van der Waals surface area (Å²) in [6, 6.07) is 13.4. The molecule has 2 aromatic carbocycles. The molecule has 3 aromatic rings. The predicted octanol–water partition coefficient (Wildman–Crippen LogP) is 6.32. The van der Waals surface area contributed by atoms with Crippen LogP contribution in [0.1, 0.15) is 67.8 Å². The lowest BCUT2D eigenvalue weighted by molar-refractivity contribution is 0.104. The fourth-order valence-electron chi connectivity index (χ4n) is 5.16. The smallest absolute Gasteiger partial charge is 0.251 e. The topological polar surface area (TPSA) is 51.1 Å². The van der Waals surface area contributed by atoms with E-state index in [0.29, 0.717) is 17.7 Å². The molecule has 0 unspecified atom stereocenters. The van der Waals surface area contributed by atoms with Crippen molar-refractivity contribution in [3.05, 3.63) is 75.6 Å². The van der Waals surface area contributed by atoms with Crippen molar-refractivity contribution in [2.75, 3.05) is 11.9 Å². The number of anilines is 1. The summed E-state index contributed by atoms with van der Waals surface area (Å²) < 4.78 is 1.84. The third-order valence-corrected chi connectivity index (χ3v) is 6.85. The van der Waals surface area contributed by atoms with Gasteiger partial charge in [-0.05, 0) is 61.8 Å². The SMILES string of the molecule is CCCCn1c(=O)cc2c3c(c(NCCC4=CCCCC4)ccc31)C(=O)c1ccccc1-2. The maximum absolute atomic E-state index is 13.7. The third kappa shape index (κ3) is 3.58. The van der Waals surface area contributed by atoms with Gasteiger partial charge >= 0.3 is 0 Å². The van der Waals surface area contributed by atoms with Crippen molar-refractivity contribution < 1.29 is 4.79 Å². The molecule has 32 heavy (non-hydrogen) atoms. The van der Waals surface area contributed by atoms with E-state index in [2.05, 4.69) is 18.3 Å². The van der Waals surface area contributed by atoms with Gasteiger partial charge in [0.2, 0.25) is 0 Å². The van der Waals surface area contributed by atoms with Crippen LogP contribution < -0.4 is 10.9 Å². The number of carbonyl (C=O) groups excluding carboxylic acids is 1. The summed E-state index contributed by atoms with van der Waals surface area (Å²) in [6.45, 7) is 3.60. The average molecular weight is 427 g/mol. The van der Waals surface area contributed by atoms with Gasteiger partial charge in [-0.25, -0.2) is 0 Å². The maximum atomic E-state index is 13.7. The van der Waals surface area contributed by atoms with Crippen molar-refractivity contribution in [2.45, 2.75) is 58.4 Å². The predicted molar refractivity (Wildman–Crippen MR) is 132 cm³/mol. The van der Waals surface area contributed by atoms with Gasteiger partial charge in [-0.1, -0.05) is 49.3 Å². The van der Waals surface area contributed by atoms with Gasteiger partial charge < -0.3 is 9.88 Å². The largest absolute Gasteiger partial charge is 0.384 e. The number of carbonyl (C=O) groups is 1. The lowest BCUT2D eigenvalue weighted by Crippen LogP contribution is -2.23. The molecule has 4 heteroatoms. The van der Waals surface area contributed by atoms with Crippen molar-refractivity contribution in [1.29, 1.82) is 0 Å². The summed E-state index contributed by atoms with van der Waals surface area (Å²) >= 11 is 0. The van der Waals surface area contributed by atoms with Gasteiger partial charge in [-0.2, -0.15) is 0 Å². The molecule has 2 aliphatic rings. The summed E-state index contributed by atoms with van der Waals surface area (Å²) in [5.41, 5.74) is 6.37. The van der Waals surface area contributed by atoms with Crippen LogP contribution >= 0.6 is 0 Å². The molecule has 0 spiro atoms. The monoisotopic (exact) mass is 426 g/mol. The van der Waals surface area contributed by atoms with E-state index < -0.39 is 0 Å². The number of fused-ring (bicyclic) bond motifs is 2. The first-order chi connectivity index (χ1) is 15.7. The van der Waals surface area contributed by atoms with Crippen LogP contribution in [0.2, 0.25) is 0 Å². The Labute approximate surface area is 189 Å². The zero-order chi connectivity index (χ0) is 22.1. The Kier molecular flexibility index (Phi) is 5.69. The highest BCUT2D eigenvalue weighted by molar-refractivity contribution is 6.28. The Hall–Kier alpha value is -3.14. The van der Waals surface area contributed by atoms with Crippen molar-refractivity contribution in [3.8, 4) is 11.1 Å². The Balaban J connectivity index is 1.63. The van der Waals surface area contributed by atoms with Gasteiger partial charge in [0, 0.05) is 35.8 Å². The molecule has 164 valence electrons. The van der Waals surface area contributed by atoms with Crippen LogP contribution in [0.25, 0.3) is 22.0 Å². The Morgan fingerprint density at radius 1 is 1.00 bits per heavy atom. The van der Waals surface area contributed by atoms with Crippen molar-refractivity contribution in [1.82, 2.24) is 4.57 Å². The van der Waals surface area contributed by atoms with Gasteiger partial charge in [0.05, 0.1) is 11.1 Å². The number of hydrogen-bond donors (Lipinski definition) is 1. The Morgan fingerprint density at radius 2 is 1.84 bits per heavy atom. The van der Waals surface area contributed by atoms with E-state index in [0.717, 1.165) is 53.5 Å². The Bertz CT molecular complexity index is 1280. The molecular formula is C28H30N2O2. The number of unbranched alkanes of at least 4 members (excludes halogenated alkanes) is 1. The summed E-state index contributed by atoms with van der Waals surface area (Å²) in [5.74, 6) is 0.0405. The number of aryl methyl sites for hydroxylation is 1. The molecule has 0 fully saturated rings. The minimum Gasteiger partial charge on any atom is -0.384 e. The Morgan fingerprint density at radius 3 is 2.62 bits per heavy atom. The van der Waals surface area contributed by atoms with E-state index in [4.69, 9.17) is 0 Å². The first-order valence-electron chi connectivity index (χ1n) is 12.0. The minimum absolute atomic E-state index is 0.000923. The average Bonchev–Trinajstić information content (AvgIpc) is 2.83. The molecule has 0 saturated heterocycles. The van der Waals surface area contributed by atoms with Crippen molar-refractivity contribution >= 4 is 22.4 Å². The lowest BCUT2D eigenvalue weighted by Gasteiger charge is -2.24. The zero-order valence-electron chi connectivity index (χ0n) is 18.7. The van der Waals surface area contributed by atoms with Gasteiger partial charge in [0.25, 0.3) is 5.56 Å². The number of nitrogens with zero attached hydrogens (tertiary/aromatic N) is 1. The maximum Gasteiger partial charge on any atom is 0.251 e. The lowest BCUT2D eigenvalue weighted by atomic mass is 9.83. The molecule has 0 saturated carbocycles. The number of allylic oxidation sites excluding steroid dienone is 1. The molecule has 4 nitrogen and oxygen atoms in total. The molecule has 1 aromatic heterocycles. The van der Waals surface area contributed by atoms with Crippen molar-refractivity contribution in [3.63, 3.8) is 0 Å². The quantitative estimate of drug-likeness (QED) is 0.352. The fraction of sp³-hybridized carbons (Fsp3) is 0.357. The van der Waals surface area contributed by atoms with E-state index in [-0.39, 0.29) is 11.3 Å². The molecule has 0 bridgehead atoms. The van der Waals surface area contributed by atoms with E-state index in [1.165, 1.54) is 31.3 Å². The molecule has 2 aliphatic carbocycles. The molecular weight excluding hydrogens is 396 g/mol. The van der Waals surface area contributed by atoms with Gasteiger partial charge in [-0.15, -0.1) is 0 Å². The second kappa shape index (κ2) is 8.78. The van der Waals surface area contributed by atoms with Crippen LogP contribution in [0, 0.1) is 0 Å². The normalized spacial score (nSPS) is 14.9.